The molecule has 5 aromatic rings. The summed E-state index contributed by atoms with van der Waals surface area (Å²) < 4.78 is 21.5. The van der Waals surface area contributed by atoms with Crippen molar-refractivity contribution in [2.75, 3.05) is 34.5 Å². The predicted octanol–water partition coefficient (Wildman–Crippen LogP) is 8.55. The van der Waals surface area contributed by atoms with Gasteiger partial charge >= 0.3 is 12.2 Å². The maximum absolute atomic E-state index is 14.9. The van der Waals surface area contributed by atoms with Gasteiger partial charge in [0.25, 0.3) is 0 Å². The number of fused-ring (bicyclic) bond motifs is 5. The Hall–Kier alpha value is -6.00. The molecule has 2 aromatic heterocycles. The molecule has 16 nitrogen and oxygen atoms in total. The number of rotatable bonds is 12. The van der Waals surface area contributed by atoms with E-state index in [9.17, 15) is 19.2 Å². The molecular weight excluding hydrogens is 889 g/mol. The molecule has 4 N–H and O–H groups in total. The van der Waals surface area contributed by atoms with Crippen LogP contribution < -0.4 is 10.6 Å². The highest BCUT2D eigenvalue weighted by Gasteiger charge is 2.51. The third-order valence-corrected chi connectivity index (χ3v) is 16.1. The zero-order chi connectivity index (χ0) is 49.0. The van der Waals surface area contributed by atoms with Crippen LogP contribution in [0, 0.1) is 23.7 Å². The number of alkyl carbamates (subject to hydrolysis) is 2. The van der Waals surface area contributed by atoms with Gasteiger partial charge in [-0.15, -0.1) is 0 Å². The molecule has 0 bridgehead atoms. The first kappa shape index (κ1) is 47.7. The first-order valence-electron chi connectivity index (χ1n) is 25.4. The van der Waals surface area contributed by atoms with Gasteiger partial charge in [0.1, 0.15) is 23.7 Å². The Morgan fingerprint density at radius 3 is 2.30 bits per heavy atom. The van der Waals surface area contributed by atoms with Crippen molar-refractivity contribution in [3.05, 3.63) is 71.4 Å². The molecule has 9 atom stereocenters. The Balaban J connectivity index is 0.921. The Bertz CT molecular complexity index is 2780. The first-order valence-corrected chi connectivity index (χ1v) is 25.4. The molecule has 3 aliphatic heterocycles. The minimum Gasteiger partial charge on any atom is -0.453 e. The number of hydrogen-bond acceptors (Lipinski definition) is 10. The van der Waals surface area contributed by atoms with Gasteiger partial charge in [-0.05, 0) is 129 Å². The van der Waals surface area contributed by atoms with Crippen LogP contribution in [0.4, 0.5) is 9.59 Å². The summed E-state index contributed by atoms with van der Waals surface area (Å²) in [6, 6.07) is 13.3. The number of imidazole rings is 2. The Kier molecular flexibility index (Phi) is 13.4. The number of aromatic nitrogens is 4. The Labute approximate surface area is 409 Å². The largest absolute Gasteiger partial charge is 0.453 e. The van der Waals surface area contributed by atoms with Crippen LogP contribution >= 0.6 is 0 Å². The molecule has 10 rings (SSSR count). The second-order valence-electron chi connectivity index (χ2n) is 20.9. The maximum atomic E-state index is 14.9. The number of amides is 4. The average molecular weight is 957 g/mol. The third-order valence-electron chi connectivity index (χ3n) is 16.1. The van der Waals surface area contributed by atoms with Crippen molar-refractivity contribution in [2.45, 2.75) is 134 Å². The number of hydrogen-bond donors (Lipinski definition) is 4. The number of H-pyrrole nitrogens is 2. The lowest BCUT2D eigenvalue weighted by molar-refractivity contribution is -0.141. The van der Waals surface area contributed by atoms with Gasteiger partial charge in [0, 0.05) is 36.6 Å². The summed E-state index contributed by atoms with van der Waals surface area (Å²) in [4.78, 5) is 75.4. The molecule has 16 heteroatoms. The van der Waals surface area contributed by atoms with Gasteiger partial charge in [0.15, 0.2) is 0 Å². The summed E-state index contributed by atoms with van der Waals surface area (Å²) in [7, 11) is 4.32. The van der Waals surface area contributed by atoms with Crippen molar-refractivity contribution in [1.29, 1.82) is 0 Å². The number of aromatic amines is 2. The van der Waals surface area contributed by atoms with Crippen LogP contribution in [0.15, 0.2) is 48.7 Å². The first-order chi connectivity index (χ1) is 33.8. The van der Waals surface area contributed by atoms with E-state index < -0.39 is 24.3 Å². The van der Waals surface area contributed by atoms with E-state index in [-0.39, 0.29) is 59.9 Å². The van der Waals surface area contributed by atoms with E-state index in [1.807, 2.05) is 44.9 Å². The van der Waals surface area contributed by atoms with Crippen molar-refractivity contribution >= 4 is 45.8 Å². The molecular formula is C54H68N8O8. The maximum Gasteiger partial charge on any atom is 0.407 e. The number of carbonyl (C=O) groups is 4. The van der Waals surface area contributed by atoms with E-state index >= 15 is 0 Å². The molecule has 3 aromatic carbocycles. The van der Waals surface area contributed by atoms with E-state index in [1.54, 1.807) is 7.11 Å². The van der Waals surface area contributed by atoms with Crippen molar-refractivity contribution < 1.29 is 38.1 Å². The van der Waals surface area contributed by atoms with E-state index in [0.717, 1.165) is 89.4 Å². The van der Waals surface area contributed by atoms with Crippen LogP contribution in [0.5, 0.6) is 0 Å². The molecule has 5 heterocycles. The SMILES string of the molecule is COC[C@H]1C[C@@H](c2nc3ccc4cc(-c5ccc(-c6cnc([C@@H]7C[C@@H]8CCC[C@@H]8N7C(=O)[C@H](NC(=O)OC)C7C[C@@H](C)O[C@H](C)C7)[nH]6)c6c5CCC6)ccc4c3[nH]2)N(C(=O)[C@@H](NC(=O)OC)C(C)C)C1. The van der Waals surface area contributed by atoms with Crippen LogP contribution in [-0.4, -0.2) is 119 Å². The van der Waals surface area contributed by atoms with Crippen LogP contribution in [0.25, 0.3) is 44.2 Å². The molecule has 3 saturated heterocycles. The quantitative estimate of drug-likeness (QED) is 0.0942. The second-order valence-corrected chi connectivity index (χ2v) is 20.9. The van der Waals surface area contributed by atoms with Gasteiger partial charge < -0.3 is 49.3 Å². The van der Waals surface area contributed by atoms with Gasteiger partial charge in [-0.25, -0.2) is 19.6 Å². The summed E-state index contributed by atoms with van der Waals surface area (Å²) >= 11 is 0. The van der Waals surface area contributed by atoms with E-state index in [4.69, 9.17) is 28.9 Å². The van der Waals surface area contributed by atoms with Crippen molar-refractivity contribution in [1.82, 2.24) is 40.4 Å². The van der Waals surface area contributed by atoms with E-state index in [0.29, 0.717) is 44.2 Å². The monoisotopic (exact) mass is 957 g/mol. The lowest BCUT2D eigenvalue weighted by Crippen LogP contribution is -2.56. The number of nitrogens with one attached hydrogen (secondary N) is 4. The summed E-state index contributed by atoms with van der Waals surface area (Å²) in [6.45, 7) is 8.89. The zero-order valence-corrected chi connectivity index (χ0v) is 41.5. The molecule has 4 fully saturated rings. The molecule has 2 aliphatic carbocycles. The fourth-order valence-electron chi connectivity index (χ4n) is 13.0. The molecule has 5 aliphatic rings. The number of ether oxygens (including phenoxy) is 4. The normalized spacial score (nSPS) is 26.1. The van der Waals surface area contributed by atoms with Gasteiger partial charge in [-0.2, -0.15) is 0 Å². The third kappa shape index (κ3) is 8.90. The topological polar surface area (TPSA) is 193 Å². The molecule has 0 spiro atoms. The molecule has 372 valence electrons. The number of methoxy groups -OCH3 is 3. The Morgan fingerprint density at radius 1 is 0.814 bits per heavy atom. The summed E-state index contributed by atoms with van der Waals surface area (Å²) in [6.07, 6.45) is 9.62. The van der Waals surface area contributed by atoms with Crippen LogP contribution in [0.3, 0.4) is 0 Å². The fraction of sp³-hybridized carbons (Fsp3) is 0.556. The molecule has 0 unspecified atom stereocenters. The van der Waals surface area contributed by atoms with Gasteiger partial charge in [-0.3, -0.25) is 9.59 Å². The van der Waals surface area contributed by atoms with E-state index in [1.165, 1.54) is 30.9 Å². The standard InChI is InChI=1S/C54H68N8O8/c1-28(2)46(59-53(65)68-6)51(63)61-26-31(27-67-5)22-44(61)50-56-41-19-15-33-23-32(14-16-37(33)48(41)58-50)36-17-18-40(39-12-9-11-38(36)39)42-25-55-49(57-42)45-24-34-10-8-13-43(34)62(45)52(64)47(60-54(66)69-7)35-20-29(3)70-30(4)21-35/h14-19,23,25,28-31,34-35,43-47H,8-13,20-22,24,26-27H2,1-7H3,(H,55,57)(H,56,58)(H,59,65)(H,60,66)/t29-,30-,31+,34+,43+,44+,45+,46+,47-/m1/s1. The molecule has 70 heavy (non-hydrogen) atoms. The molecule has 0 radical (unpaired) electrons. The fourth-order valence-corrected chi connectivity index (χ4v) is 13.0. The minimum atomic E-state index is -0.750. The van der Waals surface area contributed by atoms with Crippen molar-refractivity contribution in [3.8, 4) is 22.4 Å². The number of carbonyl (C=O) groups excluding carboxylic acids is 4. The molecule has 1 saturated carbocycles. The highest BCUT2D eigenvalue weighted by molar-refractivity contribution is 6.05. The van der Waals surface area contributed by atoms with Gasteiger partial charge in [-0.1, -0.05) is 50.6 Å². The van der Waals surface area contributed by atoms with Crippen molar-refractivity contribution in [2.24, 2.45) is 23.7 Å². The highest BCUT2D eigenvalue weighted by atomic mass is 16.5. The average Bonchev–Trinajstić information content (AvgIpc) is 4.21. The van der Waals surface area contributed by atoms with Gasteiger partial charge in [0.05, 0.1) is 68.0 Å². The smallest absolute Gasteiger partial charge is 0.407 e. The zero-order valence-electron chi connectivity index (χ0n) is 41.5. The lowest BCUT2D eigenvalue weighted by atomic mass is 9.85. The van der Waals surface area contributed by atoms with Crippen LogP contribution in [-0.2, 0) is 41.4 Å². The van der Waals surface area contributed by atoms with Gasteiger partial charge in [0.2, 0.25) is 11.8 Å². The summed E-state index contributed by atoms with van der Waals surface area (Å²) in [5.74, 6) is 1.54. The van der Waals surface area contributed by atoms with Crippen LogP contribution in [0.2, 0.25) is 0 Å². The van der Waals surface area contributed by atoms with Crippen LogP contribution in [0.1, 0.15) is 114 Å². The number of nitrogens with zero attached hydrogens (tertiary/aromatic N) is 4. The highest BCUT2D eigenvalue weighted by Crippen LogP contribution is 2.49. The number of likely N-dealkylation sites (tertiary alicyclic amines) is 2. The Morgan fingerprint density at radius 2 is 1.56 bits per heavy atom. The minimum absolute atomic E-state index is 0.0187. The molecule has 4 amide bonds. The number of benzene rings is 3. The van der Waals surface area contributed by atoms with Crippen molar-refractivity contribution in [3.63, 3.8) is 0 Å². The summed E-state index contributed by atoms with van der Waals surface area (Å²) in [5, 5.41) is 7.84. The van der Waals surface area contributed by atoms with E-state index in [2.05, 4.69) is 61.9 Å². The second kappa shape index (κ2) is 19.7. The summed E-state index contributed by atoms with van der Waals surface area (Å²) in [5.41, 5.74) is 8.86. The predicted molar refractivity (Wildman–Crippen MR) is 265 cm³/mol. The lowest BCUT2D eigenvalue weighted by Gasteiger charge is -2.39.